The van der Waals surface area contributed by atoms with E-state index >= 15 is 0 Å². The molecule has 1 atom stereocenters. The summed E-state index contributed by atoms with van der Waals surface area (Å²) >= 11 is 3.42. The van der Waals surface area contributed by atoms with Crippen LogP contribution in [0.5, 0.6) is 11.5 Å². The number of hydrogen-bond acceptors (Lipinski definition) is 4. The first kappa shape index (κ1) is 15.4. The lowest BCUT2D eigenvalue weighted by atomic mass is 10.1. The van der Waals surface area contributed by atoms with Gasteiger partial charge in [-0.3, -0.25) is 4.79 Å². The maximum Gasteiger partial charge on any atom is 0.251 e. The molecule has 110 valence electrons. The number of halogens is 2. The van der Waals surface area contributed by atoms with E-state index in [1.807, 2.05) is 0 Å². The summed E-state index contributed by atoms with van der Waals surface area (Å²) in [6.45, 7) is 2.83. The molecule has 0 saturated carbocycles. The highest BCUT2D eigenvalue weighted by atomic mass is 79.9. The van der Waals surface area contributed by atoms with Gasteiger partial charge in [-0.25, -0.2) is 0 Å². The van der Waals surface area contributed by atoms with Crippen molar-refractivity contribution in [3.63, 3.8) is 0 Å². The van der Waals surface area contributed by atoms with Gasteiger partial charge in [0.2, 0.25) is 0 Å². The molecule has 0 bridgehead atoms. The van der Waals surface area contributed by atoms with Gasteiger partial charge in [-0.2, -0.15) is 0 Å². The molecule has 3 rings (SSSR count). The van der Waals surface area contributed by atoms with E-state index in [9.17, 15) is 4.79 Å². The number of carbonyl (C=O) groups is 1. The van der Waals surface area contributed by atoms with E-state index in [0.29, 0.717) is 30.3 Å². The van der Waals surface area contributed by atoms with Crippen LogP contribution in [-0.4, -0.2) is 38.3 Å². The minimum Gasteiger partial charge on any atom is -0.486 e. The van der Waals surface area contributed by atoms with Crippen molar-refractivity contribution in [3.8, 4) is 11.5 Å². The van der Waals surface area contributed by atoms with Gasteiger partial charge < -0.3 is 20.1 Å². The number of fused-ring (bicyclic) bond motifs is 1. The number of ether oxygens (including phenoxy) is 2. The third-order valence-electron chi connectivity index (χ3n) is 3.25. The molecule has 2 heterocycles. The van der Waals surface area contributed by atoms with Crippen LogP contribution in [0.1, 0.15) is 16.8 Å². The van der Waals surface area contributed by atoms with Crippen molar-refractivity contribution in [2.45, 2.75) is 12.5 Å². The molecule has 0 radical (unpaired) electrons. The molecular weight excluding hydrogens is 348 g/mol. The standard InChI is InChI=1S/C13H15BrN2O3.ClH/c14-10-5-8(6-11-12(10)19-4-3-18-11)13(17)16-9-1-2-15-7-9;/h5-6,9,15H,1-4,7H2,(H,16,17);1H. The van der Waals surface area contributed by atoms with E-state index in [1.165, 1.54) is 0 Å². The van der Waals surface area contributed by atoms with Crippen LogP contribution in [0.3, 0.4) is 0 Å². The molecule has 1 saturated heterocycles. The lowest BCUT2D eigenvalue weighted by Gasteiger charge is -2.20. The lowest BCUT2D eigenvalue weighted by Crippen LogP contribution is -2.36. The van der Waals surface area contributed by atoms with Gasteiger partial charge in [0, 0.05) is 18.2 Å². The quantitative estimate of drug-likeness (QED) is 0.840. The lowest BCUT2D eigenvalue weighted by molar-refractivity contribution is 0.0938. The van der Waals surface area contributed by atoms with Crippen LogP contribution in [0.25, 0.3) is 0 Å². The summed E-state index contributed by atoms with van der Waals surface area (Å²) in [5.74, 6) is 1.21. The number of rotatable bonds is 2. The van der Waals surface area contributed by atoms with Gasteiger partial charge in [0.15, 0.2) is 11.5 Å². The van der Waals surface area contributed by atoms with Gasteiger partial charge in [-0.1, -0.05) is 0 Å². The molecule has 2 aliphatic heterocycles. The number of hydrogen-bond donors (Lipinski definition) is 2. The van der Waals surface area contributed by atoms with Crippen LogP contribution in [0, 0.1) is 0 Å². The molecule has 1 fully saturated rings. The van der Waals surface area contributed by atoms with E-state index in [4.69, 9.17) is 9.47 Å². The van der Waals surface area contributed by atoms with E-state index in [2.05, 4.69) is 26.6 Å². The van der Waals surface area contributed by atoms with Crippen molar-refractivity contribution >= 4 is 34.2 Å². The summed E-state index contributed by atoms with van der Waals surface area (Å²) in [6, 6.07) is 3.71. The molecular formula is C13H16BrClN2O3. The van der Waals surface area contributed by atoms with Crippen molar-refractivity contribution in [1.82, 2.24) is 10.6 Å². The molecule has 1 unspecified atom stereocenters. The van der Waals surface area contributed by atoms with Crippen LogP contribution in [0.15, 0.2) is 16.6 Å². The average Bonchev–Trinajstić information content (AvgIpc) is 2.91. The van der Waals surface area contributed by atoms with E-state index in [1.54, 1.807) is 12.1 Å². The van der Waals surface area contributed by atoms with Gasteiger partial charge in [-0.15, -0.1) is 12.4 Å². The predicted octanol–water partition coefficient (Wildman–Crippen LogP) is 1.73. The Morgan fingerprint density at radius 3 is 2.90 bits per heavy atom. The second-order valence-electron chi connectivity index (χ2n) is 4.65. The van der Waals surface area contributed by atoms with Crippen LogP contribution in [0.2, 0.25) is 0 Å². The van der Waals surface area contributed by atoms with Crippen molar-refractivity contribution in [3.05, 3.63) is 22.2 Å². The zero-order chi connectivity index (χ0) is 13.2. The number of carbonyl (C=O) groups excluding carboxylic acids is 1. The molecule has 0 aliphatic carbocycles. The second-order valence-corrected chi connectivity index (χ2v) is 5.50. The van der Waals surface area contributed by atoms with Gasteiger partial charge in [0.25, 0.3) is 5.91 Å². The minimum atomic E-state index is -0.0774. The molecule has 20 heavy (non-hydrogen) atoms. The maximum absolute atomic E-state index is 12.2. The van der Waals surface area contributed by atoms with Crippen LogP contribution in [-0.2, 0) is 0 Å². The van der Waals surface area contributed by atoms with E-state index < -0.39 is 0 Å². The fourth-order valence-corrected chi connectivity index (χ4v) is 2.85. The Hall–Kier alpha value is -0.980. The predicted molar refractivity (Wildman–Crippen MR) is 81.1 cm³/mol. The molecule has 5 nitrogen and oxygen atoms in total. The maximum atomic E-state index is 12.2. The summed E-state index contributed by atoms with van der Waals surface area (Å²) in [5, 5.41) is 6.23. The fourth-order valence-electron chi connectivity index (χ4n) is 2.29. The van der Waals surface area contributed by atoms with Crippen molar-refractivity contribution in [2.24, 2.45) is 0 Å². The summed E-state index contributed by atoms with van der Waals surface area (Å²) < 4.78 is 11.8. The Bertz CT molecular complexity index is 507. The SMILES string of the molecule is Cl.O=C(NC1CCNC1)c1cc(Br)c2c(c1)OCCO2. The fraction of sp³-hybridized carbons (Fsp3) is 0.462. The molecule has 1 aromatic carbocycles. The molecule has 7 heteroatoms. The van der Waals surface area contributed by atoms with Gasteiger partial charge >= 0.3 is 0 Å². The van der Waals surface area contributed by atoms with Crippen molar-refractivity contribution < 1.29 is 14.3 Å². The Labute approximate surface area is 131 Å². The minimum absolute atomic E-state index is 0. The normalized spacial score (nSPS) is 20.1. The number of amides is 1. The largest absolute Gasteiger partial charge is 0.486 e. The van der Waals surface area contributed by atoms with Crippen LogP contribution in [0.4, 0.5) is 0 Å². The third-order valence-corrected chi connectivity index (χ3v) is 3.84. The number of nitrogens with one attached hydrogen (secondary N) is 2. The smallest absolute Gasteiger partial charge is 0.251 e. The molecule has 1 amide bonds. The first-order valence-corrected chi connectivity index (χ1v) is 7.14. The molecule has 2 N–H and O–H groups in total. The zero-order valence-corrected chi connectivity index (χ0v) is 13.2. The molecule has 0 aromatic heterocycles. The van der Waals surface area contributed by atoms with Crippen molar-refractivity contribution in [1.29, 1.82) is 0 Å². The highest BCUT2D eigenvalue weighted by Crippen LogP contribution is 2.38. The highest BCUT2D eigenvalue weighted by molar-refractivity contribution is 9.10. The Morgan fingerprint density at radius 2 is 2.15 bits per heavy atom. The second kappa shape index (κ2) is 6.65. The monoisotopic (exact) mass is 362 g/mol. The molecule has 2 aliphatic rings. The third kappa shape index (κ3) is 3.19. The average molecular weight is 364 g/mol. The zero-order valence-electron chi connectivity index (χ0n) is 10.8. The Balaban J connectivity index is 0.00000147. The van der Waals surface area contributed by atoms with Crippen LogP contribution >= 0.6 is 28.3 Å². The van der Waals surface area contributed by atoms with Gasteiger partial charge in [-0.05, 0) is 41.0 Å². The Kier molecular flexibility index (Phi) is 5.12. The van der Waals surface area contributed by atoms with Gasteiger partial charge in [0.05, 0.1) is 4.47 Å². The van der Waals surface area contributed by atoms with Gasteiger partial charge in [0.1, 0.15) is 13.2 Å². The summed E-state index contributed by atoms with van der Waals surface area (Å²) in [6.07, 6.45) is 0.970. The molecule has 1 aromatic rings. The van der Waals surface area contributed by atoms with Crippen molar-refractivity contribution in [2.75, 3.05) is 26.3 Å². The van der Waals surface area contributed by atoms with E-state index in [-0.39, 0.29) is 24.4 Å². The molecule has 0 spiro atoms. The van der Waals surface area contributed by atoms with Crippen LogP contribution < -0.4 is 20.1 Å². The first-order chi connectivity index (χ1) is 9.24. The first-order valence-electron chi connectivity index (χ1n) is 6.35. The van der Waals surface area contributed by atoms with E-state index in [0.717, 1.165) is 24.0 Å². The summed E-state index contributed by atoms with van der Waals surface area (Å²) in [5.41, 5.74) is 0.586. The topological polar surface area (TPSA) is 59.6 Å². The summed E-state index contributed by atoms with van der Waals surface area (Å²) in [4.78, 5) is 12.2. The highest BCUT2D eigenvalue weighted by Gasteiger charge is 2.21. The summed E-state index contributed by atoms with van der Waals surface area (Å²) in [7, 11) is 0. The Morgan fingerprint density at radius 1 is 1.35 bits per heavy atom. The number of benzene rings is 1.